The molecule has 0 bridgehead atoms. The van der Waals surface area contributed by atoms with Gasteiger partial charge in [-0.05, 0) is 43.3 Å². The van der Waals surface area contributed by atoms with Crippen LogP contribution in [0, 0.1) is 11.7 Å². The number of esters is 1. The van der Waals surface area contributed by atoms with Crippen molar-refractivity contribution in [3.8, 4) is 0 Å². The number of carbonyl (C=O) groups is 2. The summed E-state index contributed by atoms with van der Waals surface area (Å²) in [6, 6.07) is 3.40. The number of alkyl halides is 1. The van der Waals surface area contributed by atoms with E-state index in [4.69, 9.17) is 14.8 Å². The lowest BCUT2D eigenvalue weighted by molar-refractivity contribution is -0.139. The molecule has 0 saturated carbocycles. The van der Waals surface area contributed by atoms with E-state index in [1.165, 1.54) is 35.2 Å². The summed E-state index contributed by atoms with van der Waals surface area (Å²) < 4.78 is 34.8. The topological polar surface area (TPSA) is 104 Å². The van der Waals surface area contributed by atoms with E-state index in [0.717, 1.165) is 0 Å². The molecule has 3 heterocycles. The number of nitrogens with one attached hydrogen (secondary N) is 1. The number of hydrogen-bond acceptors (Lipinski definition) is 9. The number of aromatic nitrogens is 1. The number of aliphatic imine (C=N–C) groups is 1. The largest absolute Gasteiger partial charge is 0.481 e. The Hall–Kier alpha value is -2.35. The van der Waals surface area contributed by atoms with Gasteiger partial charge >= 0.3 is 11.9 Å². The molecule has 0 amide bonds. The highest BCUT2D eigenvalue weighted by atomic mass is 79.9. The molecule has 13 heteroatoms. The van der Waals surface area contributed by atoms with Gasteiger partial charge in [0.25, 0.3) is 0 Å². The van der Waals surface area contributed by atoms with E-state index in [9.17, 15) is 14.0 Å². The van der Waals surface area contributed by atoms with E-state index in [0.29, 0.717) is 45.3 Å². The van der Waals surface area contributed by atoms with Crippen molar-refractivity contribution < 1.29 is 28.2 Å². The number of ether oxygens (including phenoxy) is 1. The van der Waals surface area contributed by atoms with Crippen molar-refractivity contribution in [2.24, 2.45) is 10.9 Å². The summed E-state index contributed by atoms with van der Waals surface area (Å²) >= 11 is 6.02. The Morgan fingerprint density at radius 3 is 2.87 bits per heavy atom. The van der Waals surface area contributed by atoms with Crippen LogP contribution in [0.15, 0.2) is 50.5 Å². The van der Waals surface area contributed by atoms with Crippen molar-refractivity contribution in [1.82, 2.24) is 15.2 Å². The van der Waals surface area contributed by atoms with E-state index in [1.807, 2.05) is 10.3 Å². The molecule has 2 aliphatic rings. The molecule has 1 aromatic carbocycles. The SMILES string of the molecule is CCOC(=O)C1=C(CN2CCC(CSCC(=O)O)C(F)C2)NC(c2nccs2)=N[C@H]1c1ccc(F)cc1Br. The van der Waals surface area contributed by atoms with Gasteiger partial charge < -0.3 is 15.2 Å². The summed E-state index contributed by atoms with van der Waals surface area (Å²) in [7, 11) is 0. The number of rotatable bonds is 10. The van der Waals surface area contributed by atoms with Gasteiger partial charge in [0.2, 0.25) is 0 Å². The lowest BCUT2D eigenvalue weighted by Gasteiger charge is -2.36. The van der Waals surface area contributed by atoms with Gasteiger partial charge in [-0.1, -0.05) is 22.0 Å². The number of halogens is 3. The number of carboxylic acid groups (broad SMARTS) is 1. The number of carbonyl (C=O) groups excluding carboxylic acids is 1. The molecule has 0 spiro atoms. The van der Waals surface area contributed by atoms with E-state index >= 15 is 4.39 Å². The van der Waals surface area contributed by atoms with Gasteiger partial charge in [0, 0.05) is 40.8 Å². The number of piperidine rings is 1. The minimum Gasteiger partial charge on any atom is -0.481 e. The molecule has 2 aromatic rings. The summed E-state index contributed by atoms with van der Waals surface area (Å²) in [6.07, 6.45) is 1.09. The maximum Gasteiger partial charge on any atom is 0.338 e. The van der Waals surface area contributed by atoms with E-state index in [2.05, 4.69) is 26.2 Å². The standard InChI is InChI=1S/C25H27BrF2N4O4S2/c1-2-36-25(35)21-19(11-32-7-5-14(18(28)10-32)12-37-13-20(33)34)30-23(24-29-6-8-38-24)31-22(21)16-4-3-15(27)9-17(16)26/h3-4,6,8-9,14,18,22H,2,5,7,10-13H2,1H3,(H,30,31)(H,33,34)/t14?,18?,22-/m0/s1. The second-order valence-electron chi connectivity index (χ2n) is 8.83. The van der Waals surface area contributed by atoms with Crippen molar-refractivity contribution in [1.29, 1.82) is 0 Å². The number of aliphatic carboxylic acids is 1. The Bertz CT molecular complexity index is 1230. The summed E-state index contributed by atoms with van der Waals surface area (Å²) in [5.41, 5.74) is 1.38. The summed E-state index contributed by atoms with van der Waals surface area (Å²) in [5.74, 6) is -1.28. The van der Waals surface area contributed by atoms with Crippen LogP contribution in [-0.4, -0.2) is 76.7 Å². The van der Waals surface area contributed by atoms with Crippen LogP contribution in [0.4, 0.5) is 8.78 Å². The summed E-state index contributed by atoms with van der Waals surface area (Å²) in [6.45, 7) is 2.83. The van der Waals surface area contributed by atoms with Gasteiger partial charge in [-0.15, -0.1) is 23.1 Å². The van der Waals surface area contributed by atoms with Gasteiger partial charge in [0.05, 0.1) is 17.9 Å². The van der Waals surface area contributed by atoms with Crippen molar-refractivity contribution >= 4 is 56.8 Å². The normalized spacial score (nSPS) is 22.1. The molecule has 4 rings (SSSR count). The molecule has 0 aliphatic carbocycles. The molecule has 1 fully saturated rings. The van der Waals surface area contributed by atoms with Gasteiger partial charge in [-0.2, -0.15) is 0 Å². The van der Waals surface area contributed by atoms with Gasteiger partial charge in [0.15, 0.2) is 10.8 Å². The Morgan fingerprint density at radius 2 is 2.21 bits per heavy atom. The van der Waals surface area contributed by atoms with Crippen LogP contribution in [0.3, 0.4) is 0 Å². The molecule has 204 valence electrons. The second-order valence-corrected chi connectivity index (χ2v) is 11.6. The fourth-order valence-electron chi connectivity index (χ4n) is 4.44. The highest BCUT2D eigenvalue weighted by Gasteiger charge is 2.36. The van der Waals surface area contributed by atoms with Crippen molar-refractivity contribution in [3.63, 3.8) is 0 Å². The highest BCUT2D eigenvalue weighted by molar-refractivity contribution is 9.10. The van der Waals surface area contributed by atoms with E-state index in [1.54, 1.807) is 19.2 Å². The van der Waals surface area contributed by atoms with Gasteiger partial charge in [0.1, 0.15) is 18.0 Å². The van der Waals surface area contributed by atoms with E-state index < -0.39 is 30.0 Å². The predicted molar refractivity (Wildman–Crippen MR) is 147 cm³/mol. The average molecular weight is 630 g/mol. The zero-order chi connectivity index (χ0) is 27.2. The minimum atomic E-state index is -1.13. The summed E-state index contributed by atoms with van der Waals surface area (Å²) in [4.78, 5) is 35.1. The first-order valence-corrected chi connectivity index (χ1v) is 14.8. The molecule has 0 radical (unpaired) electrons. The number of benzene rings is 1. The molecule has 2 aliphatic heterocycles. The zero-order valence-electron chi connectivity index (χ0n) is 20.5. The molecular formula is C25H27BrF2N4O4S2. The Morgan fingerprint density at radius 1 is 1.39 bits per heavy atom. The average Bonchev–Trinajstić information content (AvgIpc) is 3.40. The molecule has 2 N–H and O–H groups in total. The first-order chi connectivity index (χ1) is 18.3. The number of carboxylic acids is 1. The Labute approximate surface area is 235 Å². The van der Waals surface area contributed by atoms with Crippen LogP contribution in [0.25, 0.3) is 0 Å². The fraction of sp³-hybridized carbons (Fsp3) is 0.440. The number of thiazole rings is 1. The quantitative estimate of drug-likeness (QED) is 0.373. The third kappa shape index (κ3) is 6.99. The maximum atomic E-state index is 15.1. The zero-order valence-corrected chi connectivity index (χ0v) is 23.8. The third-order valence-electron chi connectivity index (χ3n) is 6.21. The first kappa shape index (κ1) is 28.7. The van der Waals surface area contributed by atoms with Crippen molar-refractivity contribution in [3.05, 3.63) is 61.9 Å². The molecule has 1 saturated heterocycles. The molecule has 2 unspecified atom stereocenters. The number of likely N-dealkylation sites (tertiary alicyclic amines) is 1. The predicted octanol–water partition coefficient (Wildman–Crippen LogP) is 4.43. The monoisotopic (exact) mass is 628 g/mol. The summed E-state index contributed by atoms with van der Waals surface area (Å²) in [5, 5.41) is 14.5. The van der Waals surface area contributed by atoms with Gasteiger partial charge in [-0.3, -0.25) is 14.7 Å². The van der Waals surface area contributed by atoms with Crippen LogP contribution in [-0.2, 0) is 14.3 Å². The fourth-order valence-corrected chi connectivity index (χ4v) is 6.56. The molecule has 8 nitrogen and oxygen atoms in total. The molecule has 3 atom stereocenters. The van der Waals surface area contributed by atoms with Crippen molar-refractivity contribution in [2.45, 2.75) is 25.6 Å². The number of amidine groups is 1. The maximum absolute atomic E-state index is 15.1. The van der Waals surface area contributed by atoms with Crippen LogP contribution >= 0.6 is 39.0 Å². The molecular weight excluding hydrogens is 602 g/mol. The van der Waals surface area contributed by atoms with E-state index in [-0.39, 0.29) is 36.9 Å². The smallest absolute Gasteiger partial charge is 0.338 e. The number of hydrogen-bond donors (Lipinski definition) is 2. The van der Waals surface area contributed by atoms with Crippen LogP contribution in [0.5, 0.6) is 0 Å². The van der Waals surface area contributed by atoms with Gasteiger partial charge in [-0.25, -0.2) is 18.6 Å². The highest BCUT2D eigenvalue weighted by Crippen LogP contribution is 2.37. The second kappa shape index (κ2) is 13.1. The molecule has 1 aromatic heterocycles. The lowest BCUT2D eigenvalue weighted by Crippen LogP contribution is -2.46. The van der Waals surface area contributed by atoms with Crippen molar-refractivity contribution in [2.75, 3.05) is 37.7 Å². The van der Waals surface area contributed by atoms with Crippen LogP contribution < -0.4 is 5.32 Å². The number of thioether (sulfide) groups is 1. The third-order valence-corrected chi connectivity index (χ3v) is 8.79. The minimum absolute atomic E-state index is 0.0498. The number of nitrogens with zero attached hydrogens (tertiary/aromatic N) is 3. The molecule has 38 heavy (non-hydrogen) atoms. The van der Waals surface area contributed by atoms with Crippen LogP contribution in [0.1, 0.15) is 30.0 Å². The Kier molecular flexibility index (Phi) is 9.91. The van der Waals surface area contributed by atoms with Crippen LogP contribution in [0.2, 0.25) is 0 Å². The Balaban J connectivity index is 1.64. The lowest BCUT2D eigenvalue weighted by atomic mass is 9.94. The first-order valence-electron chi connectivity index (χ1n) is 12.0.